The van der Waals surface area contributed by atoms with Gasteiger partial charge in [0.05, 0.1) is 6.10 Å². The van der Waals surface area contributed by atoms with Crippen LogP contribution in [0.5, 0.6) is 0 Å². The van der Waals surface area contributed by atoms with Crippen LogP contribution in [-0.2, 0) is 17.8 Å². The van der Waals surface area contributed by atoms with Gasteiger partial charge < -0.3 is 15.0 Å². The van der Waals surface area contributed by atoms with Crippen molar-refractivity contribution >= 4 is 5.91 Å². The number of carbonyl (C=O) groups excluding carboxylic acids is 1. The summed E-state index contributed by atoms with van der Waals surface area (Å²) in [4.78, 5) is 41.2. The number of amides is 1. The average molecular weight is 358 g/mol. The molecule has 1 aliphatic carbocycles. The highest BCUT2D eigenvalue weighted by molar-refractivity contribution is 5.76. The number of carbonyl (C=O) groups is 1. The third-order valence-electron chi connectivity index (χ3n) is 4.75. The van der Waals surface area contributed by atoms with Crippen molar-refractivity contribution in [2.24, 2.45) is 5.92 Å². The monoisotopic (exact) mass is 358 g/mol. The number of hydrogen-bond acceptors (Lipinski definition) is 5. The molecule has 8 heteroatoms. The zero-order chi connectivity index (χ0) is 18.5. The summed E-state index contributed by atoms with van der Waals surface area (Å²) in [5.41, 5.74) is 0.0842. The Bertz CT molecular complexity index is 855. The zero-order valence-electron chi connectivity index (χ0n) is 14.3. The number of hydrogen-bond donors (Lipinski definition) is 3. The van der Waals surface area contributed by atoms with Crippen LogP contribution in [0.3, 0.4) is 0 Å². The summed E-state index contributed by atoms with van der Waals surface area (Å²) in [5.74, 6) is 0.0708. The lowest BCUT2D eigenvalue weighted by molar-refractivity contribution is -0.123. The van der Waals surface area contributed by atoms with Gasteiger partial charge in [0.2, 0.25) is 5.91 Å². The number of aryl methyl sites for hydroxylation is 1. The van der Waals surface area contributed by atoms with Crippen molar-refractivity contribution in [1.82, 2.24) is 19.9 Å². The molecule has 0 radical (unpaired) electrons. The molecular formula is C18H22N4O4. The molecule has 2 aromatic heterocycles. The molecule has 2 heterocycles. The van der Waals surface area contributed by atoms with E-state index >= 15 is 0 Å². The van der Waals surface area contributed by atoms with E-state index in [1.54, 1.807) is 12.4 Å². The molecule has 138 valence electrons. The second-order valence-corrected chi connectivity index (χ2v) is 6.67. The summed E-state index contributed by atoms with van der Waals surface area (Å²) >= 11 is 0. The minimum Gasteiger partial charge on any atom is -0.393 e. The van der Waals surface area contributed by atoms with Crippen LogP contribution in [0.2, 0.25) is 0 Å². The Kier molecular flexibility index (Phi) is 5.62. The fraction of sp³-hybridized carbons (Fsp3) is 0.444. The van der Waals surface area contributed by atoms with Crippen molar-refractivity contribution in [3.05, 3.63) is 63.2 Å². The van der Waals surface area contributed by atoms with Crippen LogP contribution in [0.25, 0.3) is 0 Å². The first kappa shape index (κ1) is 18.1. The van der Waals surface area contributed by atoms with Gasteiger partial charge in [0.25, 0.3) is 5.56 Å². The molecular weight excluding hydrogens is 336 g/mol. The molecule has 1 atom stereocenters. The van der Waals surface area contributed by atoms with Gasteiger partial charge in [0.1, 0.15) is 0 Å². The molecule has 1 aliphatic rings. The van der Waals surface area contributed by atoms with Crippen molar-refractivity contribution < 1.29 is 9.90 Å². The van der Waals surface area contributed by atoms with Gasteiger partial charge in [-0.15, -0.1) is 0 Å². The Balaban J connectivity index is 1.59. The van der Waals surface area contributed by atoms with Crippen molar-refractivity contribution in [3.8, 4) is 0 Å². The predicted octanol–water partition coefficient (Wildman–Crippen LogP) is -0.180. The predicted molar refractivity (Wildman–Crippen MR) is 94.5 cm³/mol. The Labute approximate surface area is 149 Å². The molecule has 26 heavy (non-hydrogen) atoms. The number of aliphatic hydroxyl groups is 1. The summed E-state index contributed by atoms with van der Waals surface area (Å²) in [6.07, 6.45) is 6.67. The van der Waals surface area contributed by atoms with Crippen LogP contribution in [-0.4, -0.2) is 37.7 Å². The molecule has 0 spiro atoms. The molecule has 2 aromatic rings. The highest BCUT2D eigenvalue weighted by Crippen LogP contribution is 2.31. The van der Waals surface area contributed by atoms with Crippen molar-refractivity contribution in [1.29, 1.82) is 0 Å². The van der Waals surface area contributed by atoms with E-state index in [-0.39, 0.29) is 36.9 Å². The molecule has 1 fully saturated rings. The number of aliphatic hydroxyl groups excluding tert-OH is 1. The summed E-state index contributed by atoms with van der Waals surface area (Å²) in [5, 5.41) is 12.6. The van der Waals surface area contributed by atoms with Gasteiger partial charge in [-0.25, -0.2) is 4.79 Å². The van der Waals surface area contributed by atoms with Gasteiger partial charge in [-0.1, -0.05) is 0 Å². The van der Waals surface area contributed by atoms with Crippen LogP contribution >= 0.6 is 0 Å². The number of aromatic amines is 1. The summed E-state index contributed by atoms with van der Waals surface area (Å²) < 4.78 is 1.30. The Morgan fingerprint density at radius 3 is 2.69 bits per heavy atom. The van der Waals surface area contributed by atoms with Crippen LogP contribution < -0.4 is 16.6 Å². The van der Waals surface area contributed by atoms with Crippen LogP contribution in [0.15, 0.2) is 46.4 Å². The average Bonchev–Trinajstić information content (AvgIpc) is 2.58. The van der Waals surface area contributed by atoms with Crippen LogP contribution in [0.1, 0.15) is 24.8 Å². The first-order chi connectivity index (χ1) is 12.5. The Morgan fingerprint density at radius 1 is 1.31 bits per heavy atom. The molecule has 0 aliphatic heterocycles. The Hall–Kier alpha value is -2.74. The number of H-pyrrole nitrogens is 1. The van der Waals surface area contributed by atoms with E-state index in [4.69, 9.17) is 0 Å². The lowest BCUT2D eigenvalue weighted by atomic mass is 9.75. The summed E-state index contributed by atoms with van der Waals surface area (Å²) in [6.45, 7) is 0.191. The fourth-order valence-corrected chi connectivity index (χ4v) is 3.19. The summed E-state index contributed by atoms with van der Waals surface area (Å²) in [7, 11) is 0. The first-order valence-electron chi connectivity index (χ1n) is 8.67. The van der Waals surface area contributed by atoms with E-state index in [2.05, 4.69) is 15.3 Å². The zero-order valence-corrected chi connectivity index (χ0v) is 14.3. The first-order valence-corrected chi connectivity index (χ1v) is 8.67. The minimum absolute atomic E-state index is 0.0689. The van der Waals surface area contributed by atoms with E-state index in [1.165, 1.54) is 16.8 Å². The number of rotatable bonds is 7. The maximum Gasteiger partial charge on any atom is 0.328 e. The van der Waals surface area contributed by atoms with Crippen LogP contribution in [0, 0.1) is 5.92 Å². The van der Waals surface area contributed by atoms with Gasteiger partial charge in [0, 0.05) is 43.7 Å². The van der Waals surface area contributed by atoms with Gasteiger partial charge in [-0.3, -0.25) is 19.6 Å². The highest BCUT2D eigenvalue weighted by Gasteiger charge is 2.34. The second kappa shape index (κ2) is 8.09. The second-order valence-electron chi connectivity index (χ2n) is 6.67. The smallest absolute Gasteiger partial charge is 0.328 e. The normalized spacial score (nSPS) is 20.2. The van der Waals surface area contributed by atoms with Crippen LogP contribution in [0.4, 0.5) is 0 Å². The molecule has 8 nitrogen and oxygen atoms in total. The number of nitrogens with zero attached hydrogens (tertiary/aromatic N) is 2. The quantitative estimate of drug-likeness (QED) is 0.635. The van der Waals surface area contributed by atoms with Crippen molar-refractivity contribution in [2.45, 2.75) is 44.4 Å². The number of pyridine rings is 1. The standard InChI is InChI=1S/C18H22N4O4/c23-14-10-13(11-14)15(9-12-1-5-19-6-2-12)20-16(24)3-7-22-8-4-17(25)21-18(22)26/h1-2,4-6,8,13-15,23H,3,7,9-11H2,(H,20,24)(H,21,25,26)/t13?,14?,15-/m1/s1. The molecule has 0 unspecified atom stereocenters. The molecule has 0 saturated heterocycles. The van der Waals surface area contributed by atoms with Gasteiger partial charge in [-0.05, 0) is 42.9 Å². The van der Waals surface area contributed by atoms with Gasteiger partial charge >= 0.3 is 5.69 Å². The van der Waals surface area contributed by atoms with Gasteiger partial charge in [-0.2, -0.15) is 0 Å². The minimum atomic E-state index is -0.527. The Morgan fingerprint density at radius 2 is 2.04 bits per heavy atom. The number of aromatic nitrogens is 3. The molecule has 0 aromatic carbocycles. The highest BCUT2D eigenvalue weighted by atomic mass is 16.3. The third-order valence-corrected chi connectivity index (χ3v) is 4.75. The van der Waals surface area contributed by atoms with E-state index in [9.17, 15) is 19.5 Å². The number of nitrogens with one attached hydrogen (secondary N) is 2. The molecule has 1 saturated carbocycles. The van der Waals surface area contributed by atoms with Gasteiger partial charge in [0.15, 0.2) is 0 Å². The molecule has 0 bridgehead atoms. The lowest BCUT2D eigenvalue weighted by Gasteiger charge is -2.38. The molecule has 1 amide bonds. The van der Waals surface area contributed by atoms with Crippen molar-refractivity contribution in [3.63, 3.8) is 0 Å². The van der Waals surface area contributed by atoms with E-state index in [0.717, 1.165) is 5.56 Å². The fourth-order valence-electron chi connectivity index (χ4n) is 3.19. The van der Waals surface area contributed by atoms with E-state index in [1.807, 2.05) is 12.1 Å². The van der Waals surface area contributed by atoms with E-state index < -0.39 is 11.2 Å². The molecule has 3 rings (SSSR count). The topological polar surface area (TPSA) is 117 Å². The maximum atomic E-state index is 12.3. The SMILES string of the molecule is O=C(CCn1ccc(=O)[nH]c1=O)N[C@H](Cc1ccncc1)C1CC(O)C1. The molecule has 3 N–H and O–H groups in total. The van der Waals surface area contributed by atoms with E-state index in [0.29, 0.717) is 19.3 Å². The van der Waals surface area contributed by atoms with Crippen molar-refractivity contribution in [2.75, 3.05) is 0 Å². The largest absolute Gasteiger partial charge is 0.393 e. The lowest BCUT2D eigenvalue weighted by Crippen LogP contribution is -2.48. The summed E-state index contributed by atoms with van der Waals surface area (Å²) in [6, 6.07) is 5.00. The maximum absolute atomic E-state index is 12.3. The third kappa shape index (κ3) is 4.66.